The molecule has 1 heterocycles. The Morgan fingerprint density at radius 3 is 2.71 bits per heavy atom. The first kappa shape index (κ1) is 15.5. The third-order valence-corrected chi connectivity index (χ3v) is 3.36. The van der Waals surface area contributed by atoms with Crippen LogP contribution < -0.4 is 10.1 Å². The van der Waals surface area contributed by atoms with Gasteiger partial charge in [-0.25, -0.2) is 4.98 Å². The minimum atomic E-state index is -0.233. The Balaban J connectivity index is 1.94. The first-order chi connectivity index (χ1) is 10.1. The zero-order valence-electron chi connectivity index (χ0n) is 12.0. The van der Waals surface area contributed by atoms with Crippen LogP contribution in [-0.4, -0.2) is 17.5 Å². The van der Waals surface area contributed by atoms with Crippen LogP contribution in [0.2, 0.25) is 0 Å². The van der Waals surface area contributed by atoms with Gasteiger partial charge in [-0.1, -0.05) is 32.0 Å². The molecule has 0 fully saturated rings. The van der Waals surface area contributed by atoms with Gasteiger partial charge in [-0.3, -0.25) is 4.79 Å². The Bertz CT molecular complexity index is 612. The fraction of sp³-hybridized carbons (Fsp3) is 0.250. The molecule has 1 aromatic carbocycles. The van der Waals surface area contributed by atoms with Crippen LogP contribution in [0.1, 0.15) is 25.3 Å². The molecule has 0 saturated heterocycles. The van der Waals surface area contributed by atoms with Crippen molar-refractivity contribution >= 4 is 27.7 Å². The molecule has 0 unspecified atom stereocenters. The van der Waals surface area contributed by atoms with Crippen molar-refractivity contribution in [2.24, 2.45) is 0 Å². The van der Waals surface area contributed by atoms with Gasteiger partial charge in [0.15, 0.2) is 6.61 Å². The first-order valence-electron chi connectivity index (χ1n) is 6.69. The molecule has 0 aliphatic heterocycles. The third kappa shape index (κ3) is 4.56. The molecule has 2 rings (SSSR count). The molecule has 0 bridgehead atoms. The van der Waals surface area contributed by atoms with Gasteiger partial charge in [0.05, 0.1) is 0 Å². The van der Waals surface area contributed by atoms with Crippen LogP contribution in [0, 0.1) is 0 Å². The van der Waals surface area contributed by atoms with Gasteiger partial charge < -0.3 is 10.1 Å². The number of carbonyl (C=O) groups is 1. The molecule has 2 aromatic rings. The summed E-state index contributed by atoms with van der Waals surface area (Å²) in [6.07, 6.45) is 1.63. The van der Waals surface area contributed by atoms with Gasteiger partial charge in [-0.15, -0.1) is 0 Å². The number of hydrogen-bond acceptors (Lipinski definition) is 3. The lowest BCUT2D eigenvalue weighted by atomic mass is 10.0. The minimum Gasteiger partial charge on any atom is -0.483 e. The van der Waals surface area contributed by atoms with Crippen molar-refractivity contribution in [1.82, 2.24) is 4.98 Å². The van der Waals surface area contributed by atoms with Gasteiger partial charge in [-0.2, -0.15) is 0 Å². The predicted octanol–water partition coefficient (Wildman–Crippen LogP) is 3.99. The first-order valence-corrected chi connectivity index (χ1v) is 7.48. The number of ether oxygens (including phenoxy) is 1. The van der Waals surface area contributed by atoms with Crippen LogP contribution in [0.4, 0.5) is 5.82 Å². The van der Waals surface area contributed by atoms with Crippen molar-refractivity contribution in [1.29, 1.82) is 0 Å². The standard InChI is InChI=1S/C16H17BrN2O2/c1-11(2)13-5-3-4-6-14(13)21-10-16(20)19-15-8-7-12(17)9-18-15/h3-9,11H,10H2,1-2H3,(H,18,19,20). The zero-order valence-corrected chi connectivity index (χ0v) is 13.6. The molecule has 1 aromatic heterocycles. The van der Waals surface area contributed by atoms with E-state index in [9.17, 15) is 4.79 Å². The third-order valence-electron chi connectivity index (χ3n) is 2.89. The van der Waals surface area contributed by atoms with E-state index in [2.05, 4.69) is 40.1 Å². The molecule has 0 atom stereocenters. The van der Waals surface area contributed by atoms with E-state index < -0.39 is 0 Å². The van der Waals surface area contributed by atoms with Gasteiger partial charge >= 0.3 is 0 Å². The molecule has 0 radical (unpaired) electrons. The zero-order chi connectivity index (χ0) is 15.2. The molecule has 0 saturated carbocycles. The molecular formula is C16H17BrN2O2. The number of para-hydroxylation sites is 1. The highest BCUT2D eigenvalue weighted by atomic mass is 79.9. The van der Waals surface area contributed by atoms with Crippen molar-refractivity contribution in [2.45, 2.75) is 19.8 Å². The molecule has 0 aliphatic rings. The number of rotatable bonds is 5. The summed E-state index contributed by atoms with van der Waals surface area (Å²) in [6.45, 7) is 4.14. The van der Waals surface area contributed by atoms with E-state index >= 15 is 0 Å². The van der Waals surface area contributed by atoms with Crippen LogP contribution in [0.15, 0.2) is 47.1 Å². The highest BCUT2D eigenvalue weighted by molar-refractivity contribution is 9.10. The molecule has 4 nitrogen and oxygen atoms in total. The smallest absolute Gasteiger partial charge is 0.263 e. The maximum Gasteiger partial charge on any atom is 0.263 e. The van der Waals surface area contributed by atoms with Gasteiger partial charge in [-0.05, 0) is 45.6 Å². The predicted molar refractivity (Wildman–Crippen MR) is 86.6 cm³/mol. The number of amides is 1. The molecule has 5 heteroatoms. The maximum atomic E-state index is 11.9. The number of hydrogen-bond donors (Lipinski definition) is 1. The number of nitrogens with one attached hydrogen (secondary N) is 1. The number of anilines is 1. The van der Waals surface area contributed by atoms with Crippen LogP contribution >= 0.6 is 15.9 Å². The van der Waals surface area contributed by atoms with E-state index in [-0.39, 0.29) is 12.5 Å². The molecular weight excluding hydrogens is 332 g/mol. The fourth-order valence-corrected chi connectivity index (χ4v) is 2.10. The van der Waals surface area contributed by atoms with Crippen LogP contribution in [0.25, 0.3) is 0 Å². The van der Waals surface area contributed by atoms with Gasteiger partial charge in [0.1, 0.15) is 11.6 Å². The van der Waals surface area contributed by atoms with E-state index in [1.54, 1.807) is 12.3 Å². The molecule has 21 heavy (non-hydrogen) atoms. The molecule has 1 amide bonds. The summed E-state index contributed by atoms with van der Waals surface area (Å²) in [5.74, 6) is 1.36. The normalized spacial score (nSPS) is 10.5. The summed E-state index contributed by atoms with van der Waals surface area (Å²) in [6, 6.07) is 11.3. The Labute approximate surface area is 132 Å². The van der Waals surface area contributed by atoms with Crippen molar-refractivity contribution in [2.75, 3.05) is 11.9 Å². The maximum absolute atomic E-state index is 11.9. The number of aromatic nitrogens is 1. The van der Waals surface area contributed by atoms with Crippen LogP contribution in [0.3, 0.4) is 0 Å². The van der Waals surface area contributed by atoms with Crippen molar-refractivity contribution in [3.05, 3.63) is 52.6 Å². The second-order valence-electron chi connectivity index (χ2n) is 4.89. The van der Waals surface area contributed by atoms with E-state index in [0.717, 1.165) is 15.8 Å². The summed E-state index contributed by atoms with van der Waals surface area (Å²) in [4.78, 5) is 15.9. The number of pyridine rings is 1. The number of nitrogens with zero attached hydrogens (tertiary/aromatic N) is 1. The average molecular weight is 349 g/mol. The SMILES string of the molecule is CC(C)c1ccccc1OCC(=O)Nc1ccc(Br)cn1. The Hall–Kier alpha value is -1.88. The lowest BCUT2D eigenvalue weighted by Gasteiger charge is -2.13. The van der Waals surface area contributed by atoms with Crippen molar-refractivity contribution < 1.29 is 9.53 Å². The van der Waals surface area contributed by atoms with E-state index in [1.807, 2.05) is 30.3 Å². The van der Waals surface area contributed by atoms with Gasteiger partial charge in [0.2, 0.25) is 0 Å². The largest absolute Gasteiger partial charge is 0.483 e. The number of halogens is 1. The summed E-state index contributed by atoms with van der Waals surface area (Å²) >= 11 is 3.29. The molecule has 1 N–H and O–H groups in total. The van der Waals surface area contributed by atoms with E-state index in [4.69, 9.17) is 4.74 Å². The van der Waals surface area contributed by atoms with E-state index in [1.165, 1.54) is 0 Å². The summed E-state index contributed by atoms with van der Waals surface area (Å²) in [5, 5.41) is 2.69. The van der Waals surface area contributed by atoms with Crippen molar-refractivity contribution in [3.63, 3.8) is 0 Å². The quantitative estimate of drug-likeness (QED) is 0.888. The monoisotopic (exact) mass is 348 g/mol. The van der Waals surface area contributed by atoms with E-state index in [0.29, 0.717) is 11.7 Å². The Kier molecular flexibility index (Phi) is 5.33. The van der Waals surface area contributed by atoms with Crippen LogP contribution in [0.5, 0.6) is 5.75 Å². The van der Waals surface area contributed by atoms with Crippen molar-refractivity contribution in [3.8, 4) is 5.75 Å². The molecule has 110 valence electrons. The lowest BCUT2D eigenvalue weighted by Crippen LogP contribution is -2.21. The molecule has 0 spiro atoms. The lowest BCUT2D eigenvalue weighted by molar-refractivity contribution is -0.118. The Morgan fingerprint density at radius 2 is 2.05 bits per heavy atom. The highest BCUT2D eigenvalue weighted by Gasteiger charge is 2.09. The number of carbonyl (C=O) groups excluding carboxylic acids is 1. The van der Waals surface area contributed by atoms with Gasteiger partial charge in [0.25, 0.3) is 5.91 Å². The van der Waals surface area contributed by atoms with Gasteiger partial charge in [0, 0.05) is 10.7 Å². The minimum absolute atomic E-state index is 0.0402. The topological polar surface area (TPSA) is 51.2 Å². The second-order valence-corrected chi connectivity index (χ2v) is 5.81. The Morgan fingerprint density at radius 1 is 1.29 bits per heavy atom. The van der Waals surface area contributed by atoms with Crippen LogP contribution in [-0.2, 0) is 4.79 Å². The second kappa shape index (κ2) is 7.22. The average Bonchev–Trinajstić information content (AvgIpc) is 2.48. The highest BCUT2D eigenvalue weighted by Crippen LogP contribution is 2.25. The summed E-state index contributed by atoms with van der Waals surface area (Å²) in [7, 11) is 0. The summed E-state index contributed by atoms with van der Waals surface area (Å²) in [5.41, 5.74) is 1.09. The summed E-state index contributed by atoms with van der Waals surface area (Å²) < 4.78 is 6.47. The number of benzene rings is 1. The molecule has 0 aliphatic carbocycles. The fourth-order valence-electron chi connectivity index (χ4n) is 1.86.